The number of carbonyl (C=O) groups excluding carboxylic acids is 2. The molecule has 0 fully saturated rings. The highest BCUT2D eigenvalue weighted by atomic mass is 35.5. The van der Waals surface area contributed by atoms with Crippen molar-refractivity contribution in [3.63, 3.8) is 0 Å². The maximum absolute atomic E-state index is 12.1. The van der Waals surface area contributed by atoms with Crippen LogP contribution >= 0.6 is 11.6 Å². The standard InChI is InChI=1S/C18H17ClF3N3O4/c19-14-8-12(9-25-17(14)29-10-18(20,21)22)16(28)24-6-2-5-23-15(27)11-3-1-4-13(26)7-11/h1,3-4,7-9,26H,2,5-6,10H2,(H,23,27)(H,24,28). The molecule has 2 aromatic rings. The molecule has 3 N–H and O–H groups in total. The first kappa shape index (κ1) is 22.3. The number of aromatic nitrogens is 1. The summed E-state index contributed by atoms with van der Waals surface area (Å²) in [5.41, 5.74) is 0.362. The summed E-state index contributed by atoms with van der Waals surface area (Å²) < 4.78 is 40.9. The molecule has 2 rings (SSSR count). The monoisotopic (exact) mass is 431 g/mol. The number of alkyl halides is 3. The van der Waals surface area contributed by atoms with Crippen LogP contribution in [0.3, 0.4) is 0 Å². The fourth-order valence-corrected chi connectivity index (χ4v) is 2.37. The molecule has 0 bridgehead atoms. The van der Waals surface area contributed by atoms with E-state index in [4.69, 9.17) is 11.6 Å². The molecule has 0 unspecified atom stereocenters. The Kier molecular flexibility index (Phi) is 7.66. The highest BCUT2D eigenvalue weighted by Crippen LogP contribution is 2.24. The van der Waals surface area contributed by atoms with Crippen molar-refractivity contribution < 1.29 is 32.6 Å². The lowest BCUT2D eigenvalue weighted by atomic mass is 10.2. The predicted molar refractivity (Wildman–Crippen MR) is 98.2 cm³/mol. The number of phenolic OH excluding ortho intramolecular Hbond substituents is 1. The summed E-state index contributed by atoms with van der Waals surface area (Å²) in [4.78, 5) is 27.5. The first-order chi connectivity index (χ1) is 13.7. The third-order valence-electron chi connectivity index (χ3n) is 3.48. The van der Waals surface area contributed by atoms with Gasteiger partial charge in [0.05, 0.1) is 5.56 Å². The van der Waals surface area contributed by atoms with E-state index >= 15 is 0 Å². The highest BCUT2D eigenvalue weighted by Gasteiger charge is 2.29. The third kappa shape index (κ3) is 7.49. The molecular formula is C18H17ClF3N3O4. The Balaban J connectivity index is 1.75. The summed E-state index contributed by atoms with van der Waals surface area (Å²) >= 11 is 5.79. The van der Waals surface area contributed by atoms with Crippen LogP contribution in [0.25, 0.3) is 0 Å². The normalized spacial score (nSPS) is 11.0. The van der Waals surface area contributed by atoms with Gasteiger partial charge in [-0.05, 0) is 30.7 Å². The molecule has 2 amide bonds. The molecule has 156 valence electrons. The topological polar surface area (TPSA) is 101 Å². The molecule has 0 radical (unpaired) electrons. The maximum atomic E-state index is 12.1. The second-order valence-electron chi connectivity index (χ2n) is 5.83. The van der Waals surface area contributed by atoms with E-state index in [1.807, 2.05) is 0 Å². The van der Waals surface area contributed by atoms with E-state index in [2.05, 4.69) is 20.4 Å². The fourth-order valence-electron chi connectivity index (χ4n) is 2.15. The first-order valence-corrected chi connectivity index (χ1v) is 8.74. The number of nitrogens with one attached hydrogen (secondary N) is 2. The lowest BCUT2D eigenvalue weighted by Crippen LogP contribution is -2.30. The molecule has 11 heteroatoms. The van der Waals surface area contributed by atoms with Crippen LogP contribution in [0.4, 0.5) is 13.2 Å². The molecule has 0 saturated heterocycles. The smallest absolute Gasteiger partial charge is 0.422 e. The van der Waals surface area contributed by atoms with Crippen LogP contribution in [0.5, 0.6) is 11.6 Å². The summed E-state index contributed by atoms with van der Waals surface area (Å²) in [6.45, 7) is -1.04. The van der Waals surface area contributed by atoms with Crippen LogP contribution in [0.2, 0.25) is 5.02 Å². The summed E-state index contributed by atoms with van der Waals surface area (Å²) in [6.07, 6.45) is -3.06. The zero-order valence-electron chi connectivity index (χ0n) is 14.9. The predicted octanol–water partition coefficient (Wildman–Crippen LogP) is 2.93. The number of nitrogens with zero attached hydrogens (tertiary/aromatic N) is 1. The molecular weight excluding hydrogens is 415 g/mol. The van der Waals surface area contributed by atoms with E-state index in [1.54, 1.807) is 12.1 Å². The average Bonchev–Trinajstić information content (AvgIpc) is 2.65. The number of halogens is 4. The van der Waals surface area contributed by atoms with Crippen molar-refractivity contribution in [1.82, 2.24) is 15.6 Å². The molecule has 1 aromatic heterocycles. The van der Waals surface area contributed by atoms with Crippen LogP contribution in [-0.4, -0.2) is 47.8 Å². The number of amides is 2. The molecule has 7 nitrogen and oxygen atoms in total. The Labute approximate surface area is 168 Å². The van der Waals surface area contributed by atoms with Crippen LogP contribution in [0.1, 0.15) is 27.1 Å². The van der Waals surface area contributed by atoms with Crippen molar-refractivity contribution in [3.8, 4) is 11.6 Å². The van der Waals surface area contributed by atoms with Crippen LogP contribution in [-0.2, 0) is 0 Å². The number of benzene rings is 1. The Morgan fingerprint density at radius 2 is 1.76 bits per heavy atom. The second-order valence-corrected chi connectivity index (χ2v) is 6.24. The zero-order valence-corrected chi connectivity index (χ0v) is 15.7. The number of pyridine rings is 1. The average molecular weight is 432 g/mol. The minimum absolute atomic E-state index is 0.0213. The van der Waals surface area contributed by atoms with E-state index in [0.717, 1.165) is 12.3 Å². The van der Waals surface area contributed by atoms with Gasteiger partial charge in [0.1, 0.15) is 10.8 Å². The number of aromatic hydroxyl groups is 1. The van der Waals surface area contributed by atoms with Gasteiger partial charge in [-0.2, -0.15) is 13.2 Å². The summed E-state index contributed by atoms with van der Waals surface area (Å²) in [7, 11) is 0. The van der Waals surface area contributed by atoms with Gasteiger partial charge in [-0.15, -0.1) is 0 Å². The van der Waals surface area contributed by atoms with Gasteiger partial charge in [0, 0.05) is 24.8 Å². The Morgan fingerprint density at radius 3 is 2.34 bits per heavy atom. The van der Waals surface area contributed by atoms with E-state index < -0.39 is 24.6 Å². The van der Waals surface area contributed by atoms with Gasteiger partial charge in [0.25, 0.3) is 11.8 Å². The van der Waals surface area contributed by atoms with E-state index in [0.29, 0.717) is 12.0 Å². The summed E-state index contributed by atoms with van der Waals surface area (Å²) in [5, 5.41) is 14.3. The number of carbonyl (C=O) groups is 2. The van der Waals surface area contributed by atoms with Crippen LogP contribution in [0.15, 0.2) is 36.5 Å². The Hall–Kier alpha value is -3.01. The minimum atomic E-state index is -4.53. The van der Waals surface area contributed by atoms with Crippen molar-refractivity contribution in [2.45, 2.75) is 12.6 Å². The van der Waals surface area contributed by atoms with E-state index in [-0.39, 0.29) is 35.3 Å². The van der Waals surface area contributed by atoms with Gasteiger partial charge in [0.15, 0.2) is 6.61 Å². The lowest BCUT2D eigenvalue weighted by Gasteiger charge is -2.10. The number of ether oxygens (including phenoxy) is 1. The van der Waals surface area contributed by atoms with Crippen molar-refractivity contribution in [2.75, 3.05) is 19.7 Å². The second kappa shape index (κ2) is 9.97. The first-order valence-electron chi connectivity index (χ1n) is 8.36. The lowest BCUT2D eigenvalue weighted by molar-refractivity contribution is -0.154. The van der Waals surface area contributed by atoms with Gasteiger partial charge in [-0.25, -0.2) is 4.98 Å². The largest absolute Gasteiger partial charge is 0.508 e. The van der Waals surface area contributed by atoms with Crippen molar-refractivity contribution in [3.05, 3.63) is 52.7 Å². The molecule has 1 aromatic carbocycles. The van der Waals surface area contributed by atoms with Crippen LogP contribution < -0.4 is 15.4 Å². The van der Waals surface area contributed by atoms with Gasteiger partial charge in [0.2, 0.25) is 5.88 Å². The SMILES string of the molecule is O=C(NCCCNC(=O)c1cnc(OCC(F)(F)F)c(Cl)c1)c1cccc(O)c1. The summed E-state index contributed by atoms with van der Waals surface area (Å²) in [6, 6.07) is 7.02. The molecule has 0 atom stereocenters. The molecule has 0 aliphatic heterocycles. The van der Waals surface area contributed by atoms with E-state index in [9.17, 15) is 27.9 Å². The molecule has 0 aliphatic carbocycles. The van der Waals surface area contributed by atoms with Crippen molar-refractivity contribution >= 4 is 23.4 Å². The van der Waals surface area contributed by atoms with Crippen molar-refractivity contribution in [2.24, 2.45) is 0 Å². The summed E-state index contributed by atoms with van der Waals surface area (Å²) in [5.74, 6) is -1.33. The number of hydrogen-bond acceptors (Lipinski definition) is 5. The number of rotatable bonds is 8. The molecule has 1 heterocycles. The van der Waals surface area contributed by atoms with Gasteiger partial charge >= 0.3 is 6.18 Å². The molecule has 29 heavy (non-hydrogen) atoms. The van der Waals surface area contributed by atoms with Gasteiger partial charge in [-0.3, -0.25) is 9.59 Å². The Bertz CT molecular complexity index is 878. The fraction of sp³-hybridized carbons (Fsp3) is 0.278. The van der Waals surface area contributed by atoms with Gasteiger partial charge < -0.3 is 20.5 Å². The van der Waals surface area contributed by atoms with Crippen molar-refractivity contribution in [1.29, 1.82) is 0 Å². The third-order valence-corrected chi connectivity index (χ3v) is 3.75. The molecule has 0 saturated carbocycles. The quantitative estimate of drug-likeness (QED) is 0.558. The zero-order chi connectivity index (χ0) is 21.4. The van der Waals surface area contributed by atoms with Crippen LogP contribution in [0, 0.1) is 0 Å². The van der Waals surface area contributed by atoms with Gasteiger partial charge in [-0.1, -0.05) is 17.7 Å². The number of hydrogen-bond donors (Lipinski definition) is 3. The minimum Gasteiger partial charge on any atom is -0.508 e. The Morgan fingerprint density at radius 1 is 1.10 bits per heavy atom. The number of phenols is 1. The van der Waals surface area contributed by atoms with E-state index in [1.165, 1.54) is 12.1 Å². The highest BCUT2D eigenvalue weighted by molar-refractivity contribution is 6.32. The molecule has 0 aliphatic rings. The maximum Gasteiger partial charge on any atom is 0.422 e. The molecule has 0 spiro atoms.